The summed E-state index contributed by atoms with van der Waals surface area (Å²) in [5.41, 5.74) is 0. The van der Waals surface area contributed by atoms with Crippen LogP contribution in [0.1, 0.15) is 13.8 Å². The maximum atomic E-state index is 12.9. The van der Waals surface area contributed by atoms with E-state index in [0.29, 0.717) is 13.1 Å². The molecule has 0 aromatic heterocycles. The number of hydrogen-bond donors (Lipinski definition) is 0. The summed E-state index contributed by atoms with van der Waals surface area (Å²) >= 11 is 0. The largest absolute Gasteiger partial charge is 0.340 e. The Hall–Kier alpha value is -0.710. The van der Waals surface area contributed by atoms with Gasteiger partial charge in [0, 0.05) is 33.1 Å². The lowest BCUT2D eigenvalue weighted by Crippen LogP contribution is -2.50. The molecule has 0 saturated carbocycles. The number of likely N-dealkylation sites (N-methyl/N-ethyl adjacent to an activating group) is 1. The molecule has 1 fully saturated rings. The predicted molar refractivity (Wildman–Crippen MR) is 53.9 cm³/mol. The van der Waals surface area contributed by atoms with Gasteiger partial charge in [0.25, 0.3) is 5.92 Å². The average molecular weight is 220 g/mol. The quantitative estimate of drug-likeness (QED) is 0.694. The van der Waals surface area contributed by atoms with Crippen LogP contribution in [-0.2, 0) is 4.79 Å². The van der Waals surface area contributed by atoms with Crippen molar-refractivity contribution in [3.8, 4) is 0 Å². The van der Waals surface area contributed by atoms with E-state index < -0.39 is 17.7 Å². The van der Waals surface area contributed by atoms with Crippen molar-refractivity contribution in [3.05, 3.63) is 0 Å². The summed E-state index contributed by atoms with van der Waals surface area (Å²) in [6.45, 7) is 4.71. The Morgan fingerprint density at radius 2 is 1.73 bits per heavy atom. The van der Waals surface area contributed by atoms with Gasteiger partial charge in [-0.2, -0.15) is 0 Å². The van der Waals surface area contributed by atoms with Crippen molar-refractivity contribution in [2.24, 2.45) is 5.92 Å². The van der Waals surface area contributed by atoms with Crippen LogP contribution < -0.4 is 0 Å². The van der Waals surface area contributed by atoms with Gasteiger partial charge in [0.15, 0.2) is 0 Å². The van der Waals surface area contributed by atoms with E-state index >= 15 is 0 Å². The molecule has 15 heavy (non-hydrogen) atoms. The highest BCUT2D eigenvalue weighted by molar-refractivity contribution is 5.79. The van der Waals surface area contributed by atoms with Gasteiger partial charge in [-0.15, -0.1) is 0 Å². The zero-order valence-corrected chi connectivity index (χ0v) is 9.46. The summed E-state index contributed by atoms with van der Waals surface area (Å²) in [4.78, 5) is 15.3. The van der Waals surface area contributed by atoms with Gasteiger partial charge < -0.3 is 9.80 Å². The first-order valence-corrected chi connectivity index (χ1v) is 5.17. The van der Waals surface area contributed by atoms with Crippen molar-refractivity contribution in [2.75, 3.05) is 33.2 Å². The lowest BCUT2D eigenvalue weighted by atomic mass is 10.0. The minimum absolute atomic E-state index is 0.435. The van der Waals surface area contributed by atoms with Crippen LogP contribution in [0.15, 0.2) is 0 Å². The zero-order chi connectivity index (χ0) is 11.6. The Labute approximate surface area is 89.0 Å². The molecule has 3 nitrogen and oxygen atoms in total. The summed E-state index contributed by atoms with van der Waals surface area (Å²) in [5.74, 6) is -4.59. The van der Waals surface area contributed by atoms with Crippen molar-refractivity contribution < 1.29 is 13.6 Å². The molecule has 1 aliphatic heterocycles. The van der Waals surface area contributed by atoms with Crippen LogP contribution in [0.4, 0.5) is 8.78 Å². The van der Waals surface area contributed by atoms with E-state index in [2.05, 4.69) is 4.90 Å². The third-order valence-corrected chi connectivity index (χ3v) is 2.95. The molecule has 0 spiro atoms. The van der Waals surface area contributed by atoms with Crippen LogP contribution >= 0.6 is 0 Å². The summed E-state index contributed by atoms with van der Waals surface area (Å²) in [5, 5.41) is 0. The molecular formula is C10H18F2N2O. The number of piperazine rings is 1. The molecule has 1 heterocycles. The fraction of sp³-hybridized carbons (Fsp3) is 0.900. The van der Waals surface area contributed by atoms with Gasteiger partial charge in [-0.05, 0) is 14.0 Å². The minimum atomic E-state index is -2.93. The highest BCUT2D eigenvalue weighted by Crippen LogP contribution is 2.25. The fourth-order valence-corrected chi connectivity index (χ4v) is 1.52. The van der Waals surface area contributed by atoms with Crippen molar-refractivity contribution in [3.63, 3.8) is 0 Å². The normalized spacial score (nSPS) is 21.5. The first-order chi connectivity index (χ1) is 6.82. The smallest absolute Gasteiger partial charge is 0.256 e. The van der Waals surface area contributed by atoms with E-state index in [4.69, 9.17) is 0 Å². The SMILES string of the molecule is CC(C(=O)N1CCN(C)CC1)C(C)(F)F. The number of nitrogens with zero attached hydrogens (tertiary/aromatic N) is 2. The Morgan fingerprint density at radius 3 is 2.13 bits per heavy atom. The predicted octanol–water partition coefficient (Wildman–Crippen LogP) is 1.05. The van der Waals surface area contributed by atoms with E-state index in [1.165, 1.54) is 11.8 Å². The Balaban J connectivity index is 2.54. The van der Waals surface area contributed by atoms with E-state index in [0.717, 1.165) is 20.0 Å². The van der Waals surface area contributed by atoms with Gasteiger partial charge in [-0.1, -0.05) is 0 Å². The summed E-state index contributed by atoms with van der Waals surface area (Å²) in [7, 11) is 1.96. The second kappa shape index (κ2) is 4.43. The van der Waals surface area contributed by atoms with Crippen molar-refractivity contribution in [2.45, 2.75) is 19.8 Å². The van der Waals surface area contributed by atoms with Crippen molar-refractivity contribution in [1.82, 2.24) is 9.80 Å². The number of rotatable bonds is 2. The van der Waals surface area contributed by atoms with Gasteiger partial charge in [-0.25, -0.2) is 8.78 Å². The van der Waals surface area contributed by atoms with Crippen LogP contribution in [0.3, 0.4) is 0 Å². The van der Waals surface area contributed by atoms with Crippen LogP contribution in [0.25, 0.3) is 0 Å². The molecule has 1 amide bonds. The Kier molecular flexibility index (Phi) is 3.65. The summed E-state index contributed by atoms with van der Waals surface area (Å²) in [6, 6.07) is 0. The van der Waals surface area contributed by atoms with Gasteiger partial charge >= 0.3 is 0 Å². The first kappa shape index (κ1) is 12.4. The molecule has 0 aromatic carbocycles. The van der Waals surface area contributed by atoms with Crippen molar-refractivity contribution >= 4 is 5.91 Å². The highest BCUT2D eigenvalue weighted by atomic mass is 19.3. The second-order valence-electron chi connectivity index (χ2n) is 4.31. The van der Waals surface area contributed by atoms with Crippen molar-refractivity contribution in [1.29, 1.82) is 0 Å². The molecule has 88 valence electrons. The topological polar surface area (TPSA) is 23.6 Å². The third kappa shape index (κ3) is 3.12. The monoisotopic (exact) mass is 220 g/mol. The van der Waals surface area contributed by atoms with Crippen LogP contribution in [0.5, 0.6) is 0 Å². The van der Waals surface area contributed by atoms with Gasteiger partial charge in [0.05, 0.1) is 5.92 Å². The molecule has 1 aliphatic rings. The van der Waals surface area contributed by atoms with Crippen LogP contribution in [-0.4, -0.2) is 54.9 Å². The van der Waals surface area contributed by atoms with Crippen LogP contribution in [0, 0.1) is 5.92 Å². The number of carbonyl (C=O) groups is 1. The summed E-state index contributed by atoms with van der Waals surface area (Å²) < 4.78 is 25.9. The number of hydrogen-bond acceptors (Lipinski definition) is 2. The minimum Gasteiger partial charge on any atom is -0.340 e. The molecule has 0 aliphatic carbocycles. The maximum Gasteiger partial charge on any atom is 0.256 e. The van der Waals surface area contributed by atoms with E-state index in [1.54, 1.807) is 0 Å². The third-order valence-electron chi connectivity index (χ3n) is 2.95. The first-order valence-electron chi connectivity index (χ1n) is 5.17. The van der Waals surface area contributed by atoms with E-state index in [-0.39, 0.29) is 0 Å². The number of halogens is 2. The lowest BCUT2D eigenvalue weighted by Gasteiger charge is -2.35. The second-order valence-corrected chi connectivity index (χ2v) is 4.31. The van der Waals surface area contributed by atoms with Gasteiger partial charge in [0.1, 0.15) is 0 Å². The zero-order valence-electron chi connectivity index (χ0n) is 9.46. The standard InChI is InChI=1S/C10H18F2N2O/c1-8(10(2,11)12)9(15)14-6-4-13(3)5-7-14/h8H,4-7H2,1-3H3. The number of alkyl halides is 2. The molecule has 0 aromatic rings. The molecule has 1 unspecified atom stereocenters. The molecule has 5 heteroatoms. The van der Waals surface area contributed by atoms with Gasteiger partial charge in [-0.3, -0.25) is 4.79 Å². The van der Waals surface area contributed by atoms with Crippen LogP contribution in [0.2, 0.25) is 0 Å². The van der Waals surface area contributed by atoms with E-state index in [1.807, 2.05) is 7.05 Å². The maximum absolute atomic E-state index is 12.9. The van der Waals surface area contributed by atoms with E-state index in [9.17, 15) is 13.6 Å². The highest BCUT2D eigenvalue weighted by Gasteiger charge is 2.38. The fourth-order valence-electron chi connectivity index (χ4n) is 1.52. The molecule has 1 rings (SSSR count). The lowest BCUT2D eigenvalue weighted by molar-refractivity contribution is -0.148. The number of carbonyl (C=O) groups excluding carboxylic acids is 1. The Bertz CT molecular complexity index is 232. The molecule has 1 atom stereocenters. The molecule has 1 saturated heterocycles. The molecule has 0 bridgehead atoms. The number of amides is 1. The van der Waals surface area contributed by atoms with Gasteiger partial charge in [0.2, 0.25) is 5.91 Å². The Morgan fingerprint density at radius 1 is 1.27 bits per heavy atom. The molecule has 0 N–H and O–H groups in total. The summed E-state index contributed by atoms with van der Waals surface area (Å²) in [6.07, 6.45) is 0. The molecular weight excluding hydrogens is 202 g/mol. The molecule has 0 radical (unpaired) electrons. The average Bonchev–Trinajstić information content (AvgIpc) is 2.15.